The molecule has 19 heavy (non-hydrogen) atoms. The smallest absolute Gasteiger partial charge is 0.161 e. The summed E-state index contributed by atoms with van der Waals surface area (Å²) >= 11 is 0. The minimum Gasteiger partial charge on any atom is -0.371 e. The van der Waals surface area contributed by atoms with Gasteiger partial charge in [-0.2, -0.15) is 0 Å². The summed E-state index contributed by atoms with van der Waals surface area (Å²) < 4.78 is 13.7. The Hall–Kier alpha value is -1.38. The van der Waals surface area contributed by atoms with Gasteiger partial charge in [0.05, 0.1) is 0 Å². The number of anilines is 1. The van der Waals surface area contributed by atoms with Crippen molar-refractivity contribution in [3.05, 3.63) is 29.1 Å². The molecule has 1 aliphatic heterocycles. The van der Waals surface area contributed by atoms with Gasteiger partial charge < -0.3 is 4.90 Å². The zero-order valence-corrected chi connectivity index (χ0v) is 12.2. The molecular formula is C16H22FNO. The fourth-order valence-electron chi connectivity index (χ4n) is 2.69. The van der Waals surface area contributed by atoms with Gasteiger partial charge in [0, 0.05) is 24.3 Å². The number of carbonyl (C=O) groups is 1. The van der Waals surface area contributed by atoms with E-state index in [1.807, 2.05) is 6.07 Å². The van der Waals surface area contributed by atoms with Gasteiger partial charge in [-0.3, -0.25) is 4.79 Å². The van der Waals surface area contributed by atoms with Crippen molar-refractivity contribution in [2.24, 2.45) is 11.8 Å². The highest BCUT2D eigenvalue weighted by Crippen LogP contribution is 2.31. The predicted molar refractivity (Wildman–Crippen MR) is 76.3 cm³/mol. The molecule has 0 amide bonds. The maximum atomic E-state index is 13.7. The Bertz CT molecular complexity index is 498. The third kappa shape index (κ3) is 2.80. The Labute approximate surface area is 114 Å². The Morgan fingerprint density at radius 1 is 1.32 bits per heavy atom. The monoisotopic (exact) mass is 263 g/mol. The Morgan fingerprint density at radius 2 is 2.00 bits per heavy atom. The molecule has 0 N–H and O–H groups in total. The molecule has 0 aromatic heterocycles. The van der Waals surface area contributed by atoms with Crippen molar-refractivity contribution in [3.8, 4) is 0 Å². The number of ketones is 1. The molecule has 1 fully saturated rings. The summed E-state index contributed by atoms with van der Waals surface area (Å²) in [6.45, 7) is 9.64. The number of Topliss-reactive ketones (excluding diaryl/α,β-unsaturated/α-hetero) is 1. The molecule has 1 aliphatic rings. The summed E-state index contributed by atoms with van der Waals surface area (Å²) in [5.41, 5.74) is 2.00. The van der Waals surface area contributed by atoms with Gasteiger partial charge in [-0.15, -0.1) is 0 Å². The minimum atomic E-state index is -0.299. The van der Waals surface area contributed by atoms with Gasteiger partial charge in [0.2, 0.25) is 0 Å². The second-order valence-electron chi connectivity index (χ2n) is 5.86. The maximum absolute atomic E-state index is 13.7. The molecule has 1 saturated heterocycles. The lowest BCUT2D eigenvalue weighted by Gasteiger charge is -2.37. The number of benzene rings is 1. The lowest BCUT2D eigenvalue weighted by atomic mass is 9.88. The van der Waals surface area contributed by atoms with Gasteiger partial charge in [0.1, 0.15) is 5.82 Å². The molecule has 104 valence electrons. The standard InChI is InChI=1S/C16H22FNO/c1-10-5-6-18(9-12(10)3)16-7-11(2)15(17)8-14(16)13(4)19/h7-8,10,12H,5-6,9H2,1-4H3. The Balaban J connectivity index is 2.38. The zero-order chi connectivity index (χ0) is 14.2. The van der Waals surface area contributed by atoms with Crippen LogP contribution in [0.5, 0.6) is 0 Å². The zero-order valence-electron chi connectivity index (χ0n) is 12.2. The number of halogens is 1. The molecule has 2 unspecified atom stereocenters. The minimum absolute atomic E-state index is 0.0693. The van der Waals surface area contributed by atoms with Crippen LogP contribution < -0.4 is 4.90 Å². The van der Waals surface area contributed by atoms with E-state index in [0.29, 0.717) is 23.0 Å². The van der Waals surface area contributed by atoms with Crippen LogP contribution in [0.2, 0.25) is 0 Å². The summed E-state index contributed by atoms with van der Waals surface area (Å²) in [6.07, 6.45) is 1.12. The van der Waals surface area contributed by atoms with Crippen molar-refractivity contribution in [2.45, 2.75) is 34.1 Å². The first-order valence-corrected chi connectivity index (χ1v) is 6.96. The maximum Gasteiger partial charge on any atom is 0.161 e. The molecule has 1 heterocycles. The molecule has 1 aromatic rings. The van der Waals surface area contributed by atoms with E-state index in [4.69, 9.17) is 0 Å². The highest BCUT2D eigenvalue weighted by molar-refractivity contribution is 6.00. The molecule has 0 aliphatic carbocycles. The summed E-state index contributed by atoms with van der Waals surface area (Å²) in [6, 6.07) is 3.20. The summed E-state index contributed by atoms with van der Waals surface area (Å²) in [7, 11) is 0. The van der Waals surface area contributed by atoms with Crippen LogP contribution in [-0.2, 0) is 0 Å². The Morgan fingerprint density at radius 3 is 2.58 bits per heavy atom. The topological polar surface area (TPSA) is 20.3 Å². The van der Waals surface area contributed by atoms with Crippen LogP contribution in [-0.4, -0.2) is 18.9 Å². The molecule has 2 nitrogen and oxygen atoms in total. The van der Waals surface area contributed by atoms with Crippen molar-refractivity contribution < 1.29 is 9.18 Å². The van der Waals surface area contributed by atoms with E-state index in [-0.39, 0.29) is 11.6 Å². The molecule has 2 atom stereocenters. The number of carbonyl (C=O) groups excluding carboxylic acids is 1. The van der Waals surface area contributed by atoms with Crippen LogP contribution in [0, 0.1) is 24.6 Å². The number of rotatable bonds is 2. The van der Waals surface area contributed by atoms with Crippen LogP contribution in [0.1, 0.15) is 43.1 Å². The van der Waals surface area contributed by atoms with Crippen LogP contribution in [0.15, 0.2) is 12.1 Å². The molecule has 0 saturated carbocycles. The number of nitrogens with zero attached hydrogens (tertiary/aromatic N) is 1. The van der Waals surface area contributed by atoms with Gasteiger partial charge >= 0.3 is 0 Å². The number of hydrogen-bond donors (Lipinski definition) is 0. The fraction of sp³-hybridized carbons (Fsp3) is 0.562. The molecule has 1 aromatic carbocycles. The van der Waals surface area contributed by atoms with Gasteiger partial charge in [-0.1, -0.05) is 13.8 Å². The van der Waals surface area contributed by atoms with Crippen molar-refractivity contribution in [1.82, 2.24) is 0 Å². The van der Waals surface area contributed by atoms with E-state index in [2.05, 4.69) is 18.7 Å². The normalized spacial score (nSPS) is 23.5. The quantitative estimate of drug-likeness (QED) is 0.756. The average molecular weight is 263 g/mol. The number of hydrogen-bond acceptors (Lipinski definition) is 2. The van der Waals surface area contributed by atoms with E-state index in [1.54, 1.807) is 6.92 Å². The third-order valence-electron chi connectivity index (χ3n) is 4.33. The van der Waals surface area contributed by atoms with Crippen LogP contribution in [0.3, 0.4) is 0 Å². The van der Waals surface area contributed by atoms with E-state index in [9.17, 15) is 9.18 Å². The molecule has 0 spiro atoms. The first-order chi connectivity index (χ1) is 8.90. The van der Waals surface area contributed by atoms with Gasteiger partial charge in [-0.05, 0) is 49.8 Å². The van der Waals surface area contributed by atoms with Gasteiger partial charge in [0.15, 0.2) is 5.78 Å². The first kappa shape index (κ1) is 14.0. The van der Waals surface area contributed by atoms with Gasteiger partial charge in [0.25, 0.3) is 0 Å². The number of piperidine rings is 1. The van der Waals surface area contributed by atoms with Gasteiger partial charge in [-0.25, -0.2) is 4.39 Å². The first-order valence-electron chi connectivity index (χ1n) is 6.96. The second-order valence-corrected chi connectivity index (χ2v) is 5.86. The summed E-state index contributed by atoms with van der Waals surface area (Å²) in [4.78, 5) is 14.0. The van der Waals surface area contributed by atoms with E-state index < -0.39 is 0 Å². The van der Waals surface area contributed by atoms with Crippen LogP contribution in [0.25, 0.3) is 0 Å². The van der Waals surface area contributed by atoms with Crippen molar-refractivity contribution in [3.63, 3.8) is 0 Å². The highest BCUT2D eigenvalue weighted by atomic mass is 19.1. The predicted octanol–water partition coefficient (Wildman–Crippen LogP) is 3.82. The molecule has 0 radical (unpaired) electrons. The molecule has 3 heteroatoms. The van der Waals surface area contributed by atoms with Crippen molar-refractivity contribution in [2.75, 3.05) is 18.0 Å². The van der Waals surface area contributed by atoms with E-state index in [1.165, 1.54) is 13.0 Å². The summed E-state index contributed by atoms with van der Waals surface area (Å²) in [5, 5.41) is 0. The largest absolute Gasteiger partial charge is 0.371 e. The van der Waals surface area contributed by atoms with Crippen molar-refractivity contribution >= 4 is 11.5 Å². The van der Waals surface area contributed by atoms with Crippen molar-refractivity contribution in [1.29, 1.82) is 0 Å². The lowest BCUT2D eigenvalue weighted by Crippen LogP contribution is -2.39. The average Bonchev–Trinajstić information content (AvgIpc) is 2.35. The molecular weight excluding hydrogens is 241 g/mol. The highest BCUT2D eigenvalue weighted by Gasteiger charge is 2.25. The third-order valence-corrected chi connectivity index (χ3v) is 4.33. The molecule has 2 rings (SSSR count). The number of aryl methyl sites for hydroxylation is 1. The van der Waals surface area contributed by atoms with Crippen LogP contribution >= 0.6 is 0 Å². The fourth-order valence-corrected chi connectivity index (χ4v) is 2.69. The van der Waals surface area contributed by atoms with E-state index >= 15 is 0 Å². The van der Waals surface area contributed by atoms with Crippen LogP contribution in [0.4, 0.5) is 10.1 Å². The van der Waals surface area contributed by atoms with E-state index in [0.717, 1.165) is 25.2 Å². The lowest BCUT2D eigenvalue weighted by molar-refractivity contribution is 0.101. The Kier molecular flexibility index (Phi) is 3.93. The molecule has 0 bridgehead atoms. The summed E-state index contributed by atoms with van der Waals surface area (Å²) in [5.74, 6) is 0.935. The SMILES string of the molecule is CC(=O)c1cc(F)c(C)cc1N1CCC(C)C(C)C1. The second kappa shape index (κ2) is 5.32.